The molecule has 2 unspecified atom stereocenters. The highest BCUT2D eigenvalue weighted by atomic mass is 35.5. The van der Waals surface area contributed by atoms with Crippen LogP contribution in [0.4, 0.5) is 0 Å². The van der Waals surface area contributed by atoms with Crippen LogP contribution in [0.1, 0.15) is 36.8 Å². The second-order valence-corrected chi connectivity index (χ2v) is 12.7. The number of nitrogens with zero attached hydrogens (tertiary/aromatic N) is 3. The maximum Gasteiger partial charge on any atom is 0.320 e. The van der Waals surface area contributed by atoms with Gasteiger partial charge in [-0.25, -0.2) is 4.98 Å². The third kappa shape index (κ3) is 7.12. The van der Waals surface area contributed by atoms with Crippen molar-refractivity contribution in [3.05, 3.63) is 82.0 Å². The molecule has 0 saturated carbocycles. The molecule has 2 fully saturated rings. The first-order chi connectivity index (χ1) is 23.3. The molecule has 2 atom stereocenters. The van der Waals surface area contributed by atoms with Crippen molar-refractivity contribution < 1.29 is 24.2 Å². The molecule has 2 aromatic carbocycles. The maximum absolute atomic E-state index is 11.7. The van der Waals surface area contributed by atoms with Crippen molar-refractivity contribution in [1.29, 1.82) is 0 Å². The number of rotatable bonds is 12. The first-order valence-electron chi connectivity index (χ1n) is 15.9. The van der Waals surface area contributed by atoms with Crippen molar-refractivity contribution in [2.75, 3.05) is 27.3 Å². The van der Waals surface area contributed by atoms with E-state index in [9.17, 15) is 14.7 Å². The van der Waals surface area contributed by atoms with Gasteiger partial charge in [0.15, 0.2) is 0 Å². The van der Waals surface area contributed by atoms with Crippen LogP contribution in [0.2, 0.25) is 10.0 Å². The van der Waals surface area contributed by atoms with Crippen LogP contribution in [0.5, 0.6) is 11.6 Å². The minimum absolute atomic E-state index is 0.0922. The number of carbonyl (C=O) groups excluding carboxylic acids is 1. The van der Waals surface area contributed by atoms with E-state index in [0.29, 0.717) is 71.1 Å². The number of pyridine rings is 2. The van der Waals surface area contributed by atoms with E-state index in [4.69, 9.17) is 37.7 Å². The summed E-state index contributed by atoms with van der Waals surface area (Å²) in [4.78, 5) is 34.5. The molecule has 2 aliphatic heterocycles. The molecule has 250 valence electrons. The Hall–Kier alpha value is -4.22. The monoisotopic (exact) mass is 689 g/mol. The van der Waals surface area contributed by atoms with Gasteiger partial charge >= 0.3 is 5.97 Å². The molecule has 1 amide bonds. The Morgan fingerprint density at radius 1 is 1.02 bits per heavy atom. The molecule has 12 heteroatoms. The van der Waals surface area contributed by atoms with Crippen LogP contribution < -0.4 is 20.1 Å². The normalized spacial score (nSPS) is 17.8. The van der Waals surface area contributed by atoms with Crippen molar-refractivity contribution in [1.82, 2.24) is 25.5 Å². The van der Waals surface area contributed by atoms with Gasteiger partial charge in [-0.05, 0) is 44.0 Å². The zero-order valence-corrected chi connectivity index (χ0v) is 28.3. The maximum atomic E-state index is 11.7. The van der Waals surface area contributed by atoms with Gasteiger partial charge in [-0.1, -0.05) is 59.6 Å². The van der Waals surface area contributed by atoms with E-state index >= 15 is 0 Å². The molecule has 0 spiro atoms. The molecule has 4 heterocycles. The molecule has 10 nitrogen and oxygen atoms in total. The number of ether oxygens (including phenoxy) is 2. The molecule has 3 N–H and O–H groups in total. The predicted octanol–water partition coefficient (Wildman–Crippen LogP) is 6.22. The van der Waals surface area contributed by atoms with E-state index in [-0.39, 0.29) is 11.9 Å². The quantitative estimate of drug-likeness (QED) is 0.159. The lowest BCUT2D eigenvalue weighted by atomic mass is 9.99. The summed E-state index contributed by atoms with van der Waals surface area (Å²) in [5.41, 5.74) is 5.93. The summed E-state index contributed by atoms with van der Waals surface area (Å²) in [6.45, 7) is 2.41. The number of carboxylic acid groups (broad SMARTS) is 1. The zero-order valence-electron chi connectivity index (χ0n) is 26.8. The van der Waals surface area contributed by atoms with E-state index in [1.165, 1.54) is 0 Å². The molecule has 0 radical (unpaired) electrons. The van der Waals surface area contributed by atoms with E-state index in [1.807, 2.05) is 59.5 Å². The van der Waals surface area contributed by atoms with E-state index in [2.05, 4.69) is 15.6 Å². The van der Waals surface area contributed by atoms with Crippen LogP contribution in [0.3, 0.4) is 0 Å². The summed E-state index contributed by atoms with van der Waals surface area (Å²) in [5.74, 6) is 0.415. The SMILES string of the molecule is COc1cc(-c2nccc(-c3cccc(-c4ccc(CNCC5CCC(=O)N5)c(OC)n4)c3Cl)c2Cl)ccc1CN1CCCC1C(=O)O. The van der Waals surface area contributed by atoms with Crippen LogP contribution >= 0.6 is 23.2 Å². The van der Waals surface area contributed by atoms with Crippen LogP contribution in [0, 0.1) is 0 Å². The second-order valence-electron chi connectivity index (χ2n) is 12.0. The van der Waals surface area contributed by atoms with Crippen molar-refractivity contribution in [2.45, 2.75) is 50.9 Å². The molecule has 2 saturated heterocycles. The largest absolute Gasteiger partial charge is 0.496 e. The van der Waals surface area contributed by atoms with Crippen molar-refractivity contribution in [3.8, 4) is 45.3 Å². The smallest absolute Gasteiger partial charge is 0.320 e. The van der Waals surface area contributed by atoms with Gasteiger partial charge in [-0.2, -0.15) is 0 Å². The van der Waals surface area contributed by atoms with Gasteiger partial charge < -0.3 is 25.2 Å². The first kappa shape index (κ1) is 33.7. The second kappa shape index (κ2) is 14.9. The predicted molar refractivity (Wildman–Crippen MR) is 185 cm³/mol. The van der Waals surface area contributed by atoms with E-state index in [0.717, 1.165) is 47.2 Å². The number of carboxylic acids is 1. The van der Waals surface area contributed by atoms with Gasteiger partial charge in [0.05, 0.1) is 35.7 Å². The highest BCUT2D eigenvalue weighted by Gasteiger charge is 2.31. The number of likely N-dealkylation sites (tertiary alicyclic amines) is 1. The lowest BCUT2D eigenvalue weighted by Gasteiger charge is -2.22. The number of halogens is 2. The summed E-state index contributed by atoms with van der Waals surface area (Å²) in [6, 6.07) is 16.8. The minimum atomic E-state index is -0.800. The molecule has 0 aliphatic carbocycles. The number of benzene rings is 2. The van der Waals surface area contributed by atoms with E-state index < -0.39 is 12.0 Å². The Kier molecular flexibility index (Phi) is 10.5. The number of carbonyl (C=O) groups is 2. The van der Waals surface area contributed by atoms with Crippen LogP contribution in [-0.2, 0) is 22.7 Å². The molecule has 0 bridgehead atoms. The fourth-order valence-electron chi connectivity index (χ4n) is 6.47. The molecule has 48 heavy (non-hydrogen) atoms. The lowest BCUT2D eigenvalue weighted by molar-refractivity contribution is -0.142. The average Bonchev–Trinajstić information content (AvgIpc) is 3.74. The fraction of sp³-hybridized carbons (Fsp3) is 0.333. The Morgan fingerprint density at radius 3 is 2.56 bits per heavy atom. The topological polar surface area (TPSA) is 126 Å². The average molecular weight is 691 g/mol. The number of aromatic nitrogens is 2. The van der Waals surface area contributed by atoms with Crippen LogP contribution in [0.15, 0.2) is 60.8 Å². The molecule has 6 rings (SSSR count). The van der Waals surface area contributed by atoms with Gasteiger partial charge in [0.1, 0.15) is 11.8 Å². The Morgan fingerprint density at radius 2 is 1.81 bits per heavy atom. The molecule has 4 aromatic rings. The number of aliphatic carboxylic acids is 1. The summed E-state index contributed by atoms with van der Waals surface area (Å²) in [6.07, 6.45) is 4.58. The lowest BCUT2D eigenvalue weighted by Crippen LogP contribution is -2.35. The van der Waals surface area contributed by atoms with Gasteiger partial charge in [0.25, 0.3) is 0 Å². The van der Waals surface area contributed by atoms with Gasteiger partial charge in [-0.3, -0.25) is 19.5 Å². The Bertz CT molecular complexity index is 1840. The van der Waals surface area contributed by atoms with Crippen LogP contribution in [-0.4, -0.2) is 71.2 Å². The summed E-state index contributed by atoms with van der Waals surface area (Å²) in [5, 5.41) is 16.9. The first-order valence-corrected chi connectivity index (χ1v) is 16.6. The number of methoxy groups -OCH3 is 2. The number of nitrogens with one attached hydrogen (secondary N) is 2. The van der Waals surface area contributed by atoms with E-state index in [1.54, 1.807) is 20.4 Å². The van der Waals surface area contributed by atoms with Crippen LogP contribution in [0.25, 0.3) is 33.6 Å². The Labute approximate surface area is 289 Å². The summed E-state index contributed by atoms with van der Waals surface area (Å²) < 4.78 is 11.4. The number of amides is 1. The molecule has 2 aliphatic rings. The highest BCUT2D eigenvalue weighted by molar-refractivity contribution is 6.39. The van der Waals surface area contributed by atoms with Gasteiger partial charge in [-0.15, -0.1) is 0 Å². The van der Waals surface area contributed by atoms with Crippen molar-refractivity contribution in [3.63, 3.8) is 0 Å². The van der Waals surface area contributed by atoms with Gasteiger partial charge in [0.2, 0.25) is 11.8 Å². The third-order valence-corrected chi connectivity index (χ3v) is 9.75. The van der Waals surface area contributed by atoms with Gasteiger partial charge in [0, 0.05) is 71.7 Å². The van der Waals surface area contributed by atoms with Crippen molar-refractivity contribution in [2.24, 2.45) is 0 Å². The zero-order chi connectivity index (χ0) is 33.8. The molecule has 2 aromatic heterocycles. The highest BCUT2D eigenvalue weighted by Crippen LogP contribution is 2.42. The number of hydrogen-bond acceptors (Lipinski definition) is 8. The molecular weight excluding hydrogens is 653 g/mol. The standard InChI is InChI=1S/C36H37Cl2N5O5/c1-47-30-17-21(8-9-23(30)20-43-16-4-7-29(43)36(45)46)34-33(38)26(14-15-40-34)25-5-3-6-27(32(25)37)28-12-10-22(35(42-28)48-2)18-39-19-24-11-13-31(44)41-24/h3,5-6,8-10,12,14-15,17,24,29,39H,4,7,11,13,16,18-20H2,1-2H3,(H,41,44)(H,45,46). The fourth-order valence-corrected chi connectivity index (χ4v) is 7.12. The Balaban J connectivity index is 1.24. The van der Waals surface area contributed by atoms with Crippen molar-refractivity contribution >= 4 is 35.1 Å². The molecular formula is C36H37Cl2N5O5. The number of hydrogen-bond donors (Lipinski definition) is 3. The third-order valence-electron chi connectivity index (χ3n) is 8.96. The summed E-state index contributed by atoms with van der Waals surface area (Å²) in [7, 11) is 3.19. The summed E-state index contributed by atoms with van der Waals surface area (Å²) >= 11 is 14.1. The minimum Gasteiger partial charge on any atom is -0.496 e.